The van der Waals surface area contributed by atoms with Crippen LogP contribution in [-0.2, 0) is 11.2 Å². The number of furan rings is 1. The van der Waals surface area contributed by atoms with Crippen LogP contribution in [0.2, 0.25) is 0 Å². The lowest BCUT2D eigenvalue weighted by Gasteiger charge is -2.00. The van der Waals surface area contributed by atoms with Crippen LogP contribution in [0.1, 0.15) is 11.5 Å². The van der Waals surface area contributed by atoms with Crippen LogP contribution in [0, 0.1) is 6.92 Å². The van der Waals surface area contributed by atoms with Crippen molar-refractivity contribution in [2.45, 2.75) is 18.6 Å². The van der Waals surface area contributed by atoms with Gasteiger partial charge in [-0.05, 0) is 19.1 Å². The molecule has 4 nitrogen and oxygen atoms in total. The number of aryl methyl sites for hydroxylation is 1. The van der Waals surface area contributed by atoms with Crippen LogP contribution in [0.4, 0.5) is 4.79 Å². The second kappa shape index (κ2) is 3.49. The fourth-order valence-electron chi connectivity index (χ4n) is 1.31. The molecule has 0 bridgehead atoms. The fourth-order valence-corrected chi connectivity index (χ4v) is 2.14. The van der Waals surface area contributed by atoms with Crippen molar-refractivity contribution in [2.75, 3.05) is 0 Å². The maximum atomic E-state index is 11.2. The molecule has 5 heteroatoms. The van der Waals surface area contributed by atoms with E-state index in [1.807, 2.05) is 19.1 Å². The molecule has 2 heterocycles. The first-order chi connectivity index (χ1) is 6.65. The molecule has 1 aromatic rings. The largest absolute Gasteiger partial charge is 0.466 e. The first-order valence-corrected chi connectivity index (χ1v) is 5.10. The Kier molecular flexibility index (Phi) is 2.33. The maximum absolute atomic E-state index is 11.2. The van der Waals surface area contributed by atoms with Crippen molar-refractivity contribution in [2.24, 2.45) is 0 Å². The Labute approximate surface area is 85.0 Å². The summed E-state index contributed by atoms with van der Waals surface area (Å²) in [5.74, 6) is 1.33. The lowest BCUT2D eigenvalue weighted by molar-refractivity contribution is -0.119. The van der Waals surface area contributed by atoms with Gasteiger partial charge in [0.2, 0.25) is 5.91 Å². The molecule has 0 radical (unpaired) electrons. The van der Waals surface area contributed by atoms with Gasteiger partial charge in [-0.15, -0.1) is 0 Å². The molecule has 1 atom stereocenters. The van der Waals surface area contributed by atoms with Gasteiger partial charge in [0.25, 0.3) is 5.24 Å². The fraction of sp³-hybridized carbons (Fsp3) is 0.333. The van der Waals surface area contributed by atoms with Crippen LogP contribution in [-0.4, -0.2) is 16.4 Å². The van der Waals surface area contributed by atoms with Crippen molar-refractivity contribution in [3.8, 4) is 0 Å². The van der Waals surface area contributed by atoms with Gasteiger partial charge in [-0.3, -0.25) is 14.9 Å². The van der Waals surface area contributed by atoms with E-state index in [2.05, 4.69) is 5.32 Å². The van der Waals surface area contributed by atoms with Crippen molar-refractivity contribution in [1.82, 2.24) is 5.32 Å². The van der Waals surface area contributed by atoms with Crippen LogP contribution >= 0.6 is 11.8 Å². The average molecular weight is 211 g/mol. The van der Waals surface area contributed by atoms with Gasteiger partial charge in [0.15, 0.2) is 0 Å². The number of rotatable bonds is 2. The van der Waals surface area contributed by atoms with E-state index in [0.29, 0.717) is 6.42 Å². The van der Waals surface area contributed by atoms with E-state index >= 15 is 0 Å². The molecular formula is C9H9NO3S. The summed E-state index contributed by atoms with van der Waals surface area (Å²) in [6.07, 6.45) is 0.468. The first kappa shape index (κ1) is 9.33. The summed E-state index contributed by atoms with van der Waals surface area (Å²) in [4.78, 5) is 22.1. The van der Waals surface area contributed by atoms with E-state index in [1.54, 1.807) is 0 Å². The third-order valence-corrected chi connectivity index (χ3v) is 2.93. The molecule has 0 spiro atoms. The van der Waals surface area contributed by atoms with E-state index in [4.69, 9.17) is 4.42 Å². The lowest BCUT2D eigenvalue weighted by Crippen LogP contribution is -2.25. The van der Waals surface area contributed by atoms with Gasteiger partial charge in [0.1, 0.15) is 16.8 Å². The minimum Gasteiger partial charge on any atom is -0.466 e. The van der Waals surface area contributed by atoms with Crippen molar-refractivity contribution in [3.05, 3.63) is 23.7 Å². The Morgan fingerprint density at radius 1 is 1.50 bits per heavy atom. The van der Waals surface area contributed by atoms with Crippen molar-refractivity contribution in [1.29, 1.82) is 0 Å². The Bertz CT molecular complexity index is 385. The van der Waals surface area contributed by atoms with E-state index in [0.717, 1.165) is 23.3 Å². The molecule has 1 fully saturated rings. The topological polar surface area (TPSA) is 59.3 Å². The number of nitrogens with one attached hydrogen (secondary N) is 1. The molecule has 0 unspecified atom stereocenters. The summed E-state index contributed by atoms with van der Waals surface area (Å²) >= 11 is 1.02. The van der Waals surface area contributed by atoms with Gasteiger partial charge in [-0.2, -0.15) is 0 Å². The molecule has 2 amide bonds. The second-order valence-electron chi connectivity index (χ2n) is 3.10. The summed E-state index contributed by atoms with van der Waals surface area (Å²) in [7, 11) is 0. The SMILES string of the molecule is Cc1ccc(C[C@H]2SC(=O)NC2=O)o1. The average Bonchev–Trinajstić information content (AvgIpc) is 2.61. The zero-order valence-corrected chi connectivity index (χ0v) is 8.39. The lowest BCUT2D eigenvalue weighted by atomic mass is 10.2. The third-order valence-electron chi connectivity index (χ3n) is 1.95. The van der Waals surface area contributed by atoms with Gasteiger partial charge in [-0.1, -0.05) is 11.8 Å². The molecule has 1 aliphatic heterocycles. The normalized spacial score (nSPS) is 21.4. The number of amides is 2. The highest BCUT2D eigenvalue weighted by Crippen LogP contribution is 2.23. The Balaban J connectivity index is 2.05. The Morgan fingerprint density at radius 2 is 2.29 bits per heavy atom. The molecule has 14 heavy (non-hydrogen) atoms. The van der Waals surface area contributed by atoms with Crippen LogP contribution in [0.15, 0.2) is 16.5 Å². The number of hydrogen-bond acceptors (Lipinski definition) is 4. The van der Waals surface area contributed by atoms with Gasteiger partial charge >= 0.3 is 0 Å². The molecule has 1 N–H and O–H groups in total. The summed E-state index contributed by atoms with van der Waals surface area (Å²) < 4.78 is 5.32. The van der Waals surface area contributed by atoms with Crippen LogP contribution in [0.25, 0.3) is 0 Å². The van der Waals surface area contributed by atoms with E-state index in [1.165, 1.54) is 0 Å². The van der Waals surface area contributed by atoms with Crippen molar-refractivity contribution >= 4 is 22.9 Å². The van der Waals surface area contributed by atoms with Gasteiger partial charge < -0.3 is 4.42 Å². The number of hydrogen-bond donors (Lipinski definition) is 1. The molecule has 0 saturated carbocycles. The molecule has 0 aliphatic carbocycles. The highest BCUT2D eigenvalue weighted by atomic mass is 32.2. The highest BCUT2D eigenvalue weighted by molar-refractivity contribution is 8.15. The smallest absolute Gasteiger partial charge is 0.286 e. The molecule has 1 saturated heterocycles. The molecule has 1 aliphatic rings. The highest BCUT2D eigenvalue weighted by Gasteiger charge is 2.32. The molecular weight excluding hydrogens is 202 g/mol. The minimum absolute atomic E-state index is 0.228. The summed E-state index contributed by atoms with van der Waals surface area (Å²) in [6.45, 7) is 1.84. The van der Waals surface area contributed by atoms with Gasteiger partial charge in [0, 0.05) is 6.42 Å². The van der Waals surface area contributed by atoms with Gasteiger partial charge in [0.05, 0.1) is 0 Å². The van der Waals surface area contributed by atoms with E-state index in [-0.39, 0.29) is 16.4 Å². The summed E-state index contributed by atoms with van der Waals surface area (Å²) in [5.41, 5.74) is 0. The second-order valence-corrected chi connectivity index (χ2v) is 4.28. The number of thioether (sulfide) groups is 1. The maximum Gasteiger partial charge on any atom is 0.286 e. The van der Waals surface area contributed by atoms with Crippen molar-refractivity contribution in [3.63, 3.8) is 0 Å². The number of carbonyl (C=O) groups excluding carboxylic acids is 2. The molecule has 1 aromatic heterocycles. The first-order valence-electron chi connectivity index (χ1n) is 4.22. The van der Waals surface area contributed by atoms with Crippen LogP contribution in [0.5, 0.6) is 0 Å². The monoisotopic (exact) mass is 211 g/mol. The number of carbonyl (C=O) groups is 2. The predicted octanol–water partition coefficient (Wildman–Crippen LogP) is 1.48. The van der Waals surface area contributed by atoms with Crippen LogP contribution in [0.3, 0.4) is 0 Å². The minimum atomic E-state index is -0.340. The van der Waals surface area contributed by atoms with E-state index < -0.39 is 0 Å². The molecule has 2 rings (SSSR count). The molecule has 74 valence electrons. The summed E-state index contributed by atoms with van der Waals surface area (Å²) in [5, 5.41) is 1.62. The standard InChI is InChI=1S/C9H9NO3S/c1-5-2-3-6(13-5)4-7-8(11)10-9(12)14-7/h2-3,7H,4H2,1H3,(H,10,11,12)/t7-/m1/s1. The van der Waals surface area contributed by atoms with Crippen molar-refractivity contribution < 1.29 is 14.0 Å². The van der Waals surface area contributed by atoms with Crippen LogP contribution < -0.4 is 5.32 Å². The predicted molar refractivity (Wildman–Crippen MR) is 52.1 cm³/mol. The summed E-state index contributed by atoms with van der Waals surface area (Å²) in [6, 6.07) is 3.67. The zero-order valence-electron chi connectivity index (χ0n) is 7.57. The quantitative estimate of drug-likeness (QED) is 0.805. The Morgan fingerprint density at radius 3 is 2.79 bits per heavy atom. The van der Waals surface area contributed by atoms with Gasteiger partial charge in [-0.25, -0.2) is 0 Å². The zero-order chi connectivity index (χ0) is 10.1. The number of imide groups is 1. The third kappa shape index (κ3) is 1.82. The van der Waals surface area contributed by atoms with E-state index in [9.17, 15) is 9.59 Å². The molecule has 0 aromatic carbocycles. The Hall–Kier alpha value is -1.23.